The number of carbonyl (C=O) groups excluding carboxylic acids is 1. The van der Waals surface area contributed by atoms with Gasteiger partial charge in [0.1, 0.15) is 19.3 Å². The summed E-state index contributed by atoms with van der Waals surface area (Å²) in [5.74, 6) is 0.846. The highest BCUT2D eigenvalue weighted by molar-refractivity contribution is 7.89. The summed E-state index contributed by atoms with van der Waals surface area (Å²) in [6, 6.07) is 11.7. The predicted octanol–water partition coefficient (Wildman–Crippen LogP) is 2.20. The quantitative estimate of drug-likeness (QED) is 0.749. The molecule has 3 aliphatic heterocycles. The molecule has 7 nitrogen and oxygen atoms in total. The number of carbonyl (C=O) groups is 1. The van der Waals surface area contributed by atoms with Gasteiger partial charge in [-0.2, -0.15) is 4.31 Å². The summed E-state index contributed by atoms with van der Waals surface area (Å²) in [4.78, 5) is 15.2. The van der Waals surface area contributed by atoms with E-state index in [1.165, 1.54) is 16.4 Å². The third-order valence-corrected chi connectivity index (χ3v) is 7.88. The van der Waals surface area contributed by atoms with E-state index >= 15 is 0 Å². The molecule has 8 heteroatoms. The van der Waals surface area contributed by atoms with Crippen molar-refractivity contribution in [1.82, 2.24) is 9.21 Å². The van der Waals surface area contributed by atoms with Crippen LogP contribution in [0.15, 0.2) is 47.4 Å². The molecule has 0 aliphatic carbocycles. The Labute approximate surface area is 176 Å². The zero-order chi connectivity index (χ0) is 20.7. The van der Waals surface area contributed by atoms with Crippen LogP contribution in [-0.4, -0.2) is 55.9 Å². The Hall–Kier alpha value is -2.58. The van der Waals surface area contributed by atoms with Crippen molar-refractivity contribution in [3.05, 3.63) is 53.6 Å². The molecule has 0 aromatic heterocycles. The second-order valence-electron chi connectivity index (χ2n) is 7.88. The smallest absolute Gasteiger partial charge is 0.244 e. The number of rotatable bonds is 3. The van der Waals surface area contributed by atoms with E-state index in [9.17, 15) is 13.2 Å². The van der Waals surface area contributed by atoms with Crippen LogP contribution >= 0.6 is 0 Å². The standard InChI is InChI=1S/C22H24N2O5S/c25-22(23-9-3-4-10-23)19-13-16-5-1-2-6-17(16)15-24(19)30(26,27)18-7-8-20-21(14-18)29-12-11-28-20/h1-2,5-8,14,19H,3-4,9-13,15H2/t19-/m1/s1. The lowest BCUT2D eigenvalue weighted by molar-refractivity contribution is -0.134. The molecule has 2 aromatic rings. The van der Waals surface area contributed by atoms with Gasteiger partial charge < -0.3 is 14.4 Å². The maximum absolute atomic E-state index is 13.7. The highest BCUT2D eigenvalue weighted by Crippen LogP contribution is 2.36. The van der Waals surface area contributed by atoms with E-state index in [0.29, 0.717) is 44.2 Å². The van der Waals surface area contributed by atoms with Crippen LogP contribution in [0.5, 0.6) is 11.5 Å². The molecule has 0 unspecified atom stereocenters. The number of fused-ring (bicyclic) bond motifs is 2. The molecule has 158 valence electrons. The van der Waals surface area contributed by atoms with E-state index in [1.54, 1.807) is 11.0 Å². The van der Waals surface area contributed by atoms with Crippen LogP contribution in [-0.2, 0) is 27.8 Å². The van der Waals surface area contributed by atoms with E-state index in [-0.39, 0.29) is 17.3 Å². The molecular weight excluding hydrogens is 404 g/mol. The summed E-state index contributed by atoms with van der Waals surface area (Å²) in [7, 11) is -3.91. The van der Waals surface area contributed by atoms with Crippen molar-refractivity contribution in [2.75, 3.05) is 26.3 Å². The Kier molecular flexibility index (Phi) is 4.91. The van der Waals surface area contributed by atoms with E-state index in [4.69, 9.17) is 9.47 Å². The molecule has 0 bridgehead atoms. The van der Waals surface area contributed by atoms with E-state index in [0.717, 1.165) is 24.0 Å². The molecule has 0 saturated carbocycles. The lowest BCUT2D eigenvalue weighted by Gasteiger charge is -2.37. The van der Waals surface area contributed by atoms with E-state index in [1.807, 2.05) is 24.3 Å². The van der Waals surface area contributed by atoms with Crippen LogP contribution in [0.4, 0.5) is 0 Å². The molecule has 0 radical (unpaired) electrons. The first-order valence-electron chi connectivity index (χ1n) is 10.3. The zero-order valence-corrected chi connectivity index (χ0v) is 17.4. The van der Waals surface area contributed by atoms with Crippen molar-refractivity contribution in [2.45, 2.75) is 36.7 Å². The first-order chi connectivity index (χ1) is 14.5. The van der Waals surface area contributed by atoms with Crippen LogP contribution < -0.4 is 9.47 Å². The lowest BCUT2D eigenvalue weighted by atomic mass is 9.95. The molecule has 5 rings (SSSR count). The number of ether oxygens (including phenoxy) is 2. The summed E-state index contributed by atoms with van der Waals surface area (Å²) in [6.45, 7) is 2.37. The normalized spacial score (nSPS) is 21.3. The van der Waals surface area contributed by atoms with Crippen LogP contribution in [0.3, 0.4) is 0 Å². The van der Waals surface area contributed by atoms with Crippen molar-refractivity contribution in [3.63, 3.8) is 0 Å². The molecule has 3 heterocycles. The minimum Gasteiger partial charge on any atom is -0.486 e. The van der Waals surface area contributed by atoms with Gasteiger partial charge in [-0.05, 0) is 42.5 Å². The number of amides is 1. The molecule has 30 heavy (non-hydrogen) atoms. The average molecular weight is 429 g/mol. The lowest BCUT2D eigenvalue weighted by Crippen LogP contribution is -2.53. The number of nitrogens with zero attached hydrogens (tertiary/aromatic N) is 2. The van der Waals surface area contributed by atoms with Gasteiger partial charge in [0.2, 0.25) is 15.9 Å². The maximum atomic E-state index is 13.7. The monoisotopic (exact) mass is 428 g/mol. The Morgan fingerprint density at radius 3 is 2.40 bits per heavy atom. The van der Waals surface area contributed by atoms with Crippen molar-refractivity contribution >= 4 is 15.9 Å². The van der Waals surface area contributed by atoms with Gasteiger partial charge in [-0.1, -0.05) is 24.3 Å². The summed E-state index contributed by atoms with van der Waals surface area (Å²) >= 11 is 0. The number of hydrogen-bond acceptors (Lipinski definition) is 5. The summed E-state index contributed by atoms with van der Waals surface area (Å²) in [5, 5.41) is 0. The zero-order valence-electron chi connectivity index (χ0n) is 16.6. The van der Waals surface area contributed by atoms with Crippen molar-refractivity contribution in [3.8, 4) is 11.5 Å². The SMILES string of the molecule is O=C([C@H]1Cc2ccccc2CN1S(=O)(=O)c1ccc2c(c1)OCCO2)N1CCCC1. The second kappa shape index (κ2) is 7.59. The fourth-order valence-electron chi connectivity index (χ4n) is 4.43. The number of benzene rings is 2. The summed E-state index contributed by atoms with van der Waals surface area (Å²) in [6.07, 6.45) is 2.31. The molecule has 0 N–H and O–H groups in total. The Morgan fingerprint density at radius 2 is 1.63 bits per heavy atom. The van der Waals surface area contributed by atoms with E-state index in [2.05, 4.69) is 0 Å². The molecule has 1 atom stereocenters. The first kappa shape index (κ1) is 19.4. The minimum atomic E-state index is -3.91. The largest absolute Gasteiger partial charge is 0.486 e. The Bertz CT molecular complexity index is 1080. The van der Waals surface area contributed by atoms with Crippen LogP contribution in [0.2, 0.25) is 0 Å². The van der Waals surface area contributed by atoms with Crippen molar-refractivity contribution < 1.29 is 22.7 Å². The van der Waals surface area contributed by atoms with Gasteiger partial charge in [0.05, 0.1) is 4.90 Å². The molecular formula is C22H24N2O5S. The van der Waals surface area contributed by atoms with Gasteiger partial charge >= 0.3 is 0 Å². The van der Waals surface area contributed by atoms with Gasteiger partial charge in [-0.15, -0.1) is 0 Å². The maximum Gasteiger partial charge on any atom is 0.244 e. The van der Waals surface area contributed by atoms with Crippen LogP contribution in [0.25, 0.3) is 0 Å². The second-order valence-corrected chi connectivity index (χ2v) is 9.77. The third kappa shape index (κ3) is 3.33. The average Bonchev–Trinajstić information content (AvgIpc) is 3.32. The number of hydrogen-bond donors (Lipinski definition) is 0. The van der Waals surface area contributed by atoms with Crippen molar-refractivity contribution in [1.29, 1.82) is 0 Å². The highest BCUT2D eigenvalue weighted by atomic mass is 32.2. The van der Waals surface area contributed by atoms with Gasteiger partial charge in [-0.3, -0.25) is 4.79 Å². The van der Waals surface area contributed by atoms with Gasteiger partial charge in [0.15, 0.2) is 11.5 Å². The molecule has 2 aromatic carbocycles. The fourth-order valence-corrected chi connectivity index (χ4v) is 6.01. The summed E-state index contributed by atoms with van der Waals surface area (Å²) < 4.78 is 39.8. The number of likely N-dealkylation sites (tertiary alicyclic amines) is 1. The van der Waals surface area contributed by atoms with Crippen molar-refractivity contribution in [2.24, 2.45) is 0 Å². The molecule has 1 amide bonds. The summed E-state index contributed by atoms with van der Waals surface area (Å²) in [5.41, 5.74) is 1.97. The van der Waals surface area contributed by atoms with Gasteiger partial charge in [-0.25, -0.2) is 8.42 Å². The van der Waals surface area contributed by atoms with Crippen LogP contribution in [0.1, 0.15) is 24.0 Å². The molecule has 0 spiro atoms. The number of sulfonamides is 1. The first-order valence-corrected chi connectivity index (χ1v) is 11.7. The molecule has 1 fully saturated rings. The molecule has 1 saturated heterocycles. The Morgan fingerprint density at radius 1 is 0.933 bits per heavy atom. The highest BCUT2D eigenvalue weighted by Gasteiger charge is 2.41. The van der Waals surface area contributed by atoms with Crippen LogP contribution in [0, 0.1) is 0 Å². The third-order valence-electron chi connectivity index (χ3n) is 6.03. The van der Waals surface area contributed by atoms with E-state index < -0.39 is 16.1 Å². The fraction of sp³-hybridized carbons (Fsp3) is 0.409. The Balaban J connectivity index is 1.54. The van der Waals surface area contributed by atoms with Gasteiger partial charge in [0, 0.05) is 25.7 Å². The predicted molar refractivity (Wildman–Crippen MR) is 110 cm³/mol. The topological polar surface area (TPSA) is 76.2 Å². The van der Waals surface area contributed by atoms with Gasteiger partial charge in [0.25, 0.3) is 0 Å². The minimum absolute atomic E-state index is 0.108. The molecule has 3 aliphatic rings.